The number of hydrogen-bond donors (Lipinski definition) is 1. The molecule has 0 unspecified atom stereocenters. The van der Waals surface area contributed by atoms with Crippen molar-refractivity contribution in [1.29, 1.82) is 0 Å². The van der Waals surface area contributed by atoms with Crippen LogP contribution in [0.2, 0.25) is 0 Å². The van der Waals surface area contributed by atoms with Crippen molar-refractivity contribution in [2.75, 3.05) is 5.73 Å². The number of rotatable bonds is 1. The smallest absolute Gasteiger partial charge is 0.147 e. The molecule has 4 heteroatoms. The minimum absolute atomic E-state index is 0.655. The van der Waals surface area contributed by atoms with Gasteiger partial charge < -0.3 is 10.2 Å². The summed E-state index contributed by atoms with van der Waals surface area (Å²) >= 11 is 0. The minimum Gasteiger partial charge on any atom is -0.466 e. The summed E-state index contributed by atoms with van der Waals surface area (Å²) in [4.78, 5) is 4.82. The first-order valence-corrected chi connectivity index (χ1v) is 7.30. The van der Waals surface area contributed by atoms with E-state index in [4.69, 9.17) is 15.1 Å². The van der Waals surface area contributed by atoms with Gasteiger partial charge in [0.1, 0.15) is 28.7 Å². The number of anilines is 1. The topological polar surface area (TPSA) is 56.5 Å². The van der Waals surface area contributed by atoms with Gasteiger partial charge in [-0.1, -0.05) is 24.3 Å². The molecular formula is C18H17N3O. The van der Waals surface area contributed by atoms with Crippen molar-refractivity contribution in [3.63, 3.8) is 0 Å². The molecule has 3 aromatic heterocycles. The molecule has 3 heterocycles. The Hall–Kier alpha value is -2.75. The molecule has 0 amide bonds. The molecule has 2 N–H and O–H groups in total. The molecule has 0 radical (unpaired) electrons. The Morgan fingerprint density at radius 3 is 2.59 bits per heavy atom. The second kappa shape index (κ2) is 4.37. The van der Waals surface area contributed by atoms with Crippen LogP contribution in [0.5, 0.6) is 0 Å². The van der Waals surface area contributed by atoms with Crippen LogP contribution in [0, 0.1) is 20.8 Å². The number of nitrogens with two attached hydrogens (primary N) is 1. The third-order valence-electron chi connectivity index (χ3n) is 4.13. The van der Waals surface area contributed by atoms with Crippen LogP contribution in [-0.4, -0.2) is 9.38 Å². The highest BCUT2D eigenvalue weighted by molar-refractivity contribution is 5.97. The van der Waals surface area contributed by atoms with Crippen molar-refractivity contribution in [3.05, 3.63) is 53.6 Å². The lowest BCUT2D eigenvalue weighted by molar-refractivity contribution is 0.505. The average Bonchev–Trinajstić information content (AvgIpc) is 2.99. The van der Waals surface area contributed by atoms with Crippen LogP contribution in [0.4, 0.5) is 5.82 Å². The first kappa shape index (κ1) is 13.0. The fourth-order valence-corrected chi connectivity index (χ4v) is 3.15. The molecule has 0 atom stereocenters. The minimum atomic E-state index is 0.655. The quantitative estimate of drug-likeness (QED) is 0.570. The molecule has 22 heavy (non-hydrogen) atoms. The predicted octanol–water partition coefficient (Wildman–Crippen LogP) is 4.25. The van der Waals surface area contributed by atoms with E-state index in [1.165, 1.54) is 5.39 Å². The summed E-state index contributed by atoms with van der Waals surface area (Å²) in [5, 5.41) is 2.27. The lowest BCUT2D eigenvalue weighted by Gasteiger charge is -2.05. The molecule has 0 bridgehead atoms. The van der Waals surface area contributed by atoms with Gasteiger partial charge in [-0.05, 0) is 38.3 Å². The van der Waals surface area contributed by atoms with Crippen molar-refractivity contribution in [2.24, 2.45) is 0 Å². The van der Waals surface area contributed by atoms with E-state index in [0.717, 1.165) is 39.5 Å². The van der Waals surface area contributed by atoms with E-state index in [0.29, 0.717) is 5.82 Å². The number of imidazole rings is 1. The lowest BCUT2D eigenvalue weighted by atomic mass is 10.1. The number of nitrogens with zero attached hydrogens (tertiary/aromatic N) is 2. The van der Waals surface area contributed by atoms with Crippen molar-refractivity contribution in [2.45, 2.75) is 20.8 Å². The molecule has 0 fully saturated rings. The van der Waals surface area contributed by atoms with Crippen LogP contribution in [0.15, 0.2) is 40.8 Å². The number of aryl methyl sites for hydroxylation is 3. The molecule has 4 aromatic rings. The molecule has 1 aromatic carbocycles. The molecule has 4 nitrogen and oxygen atoms in total. The molecule has 0 saturated heterocycles. The third kappa shape index (κ3) is 1.67. The Kier molecular flexibility index (Phi) is 2.57. The van der Waals surface area contributed by atoms with Gasteiger partial charge >= 0.3 is 0 Å². The largest absolute Gasteiger partial charge is 0.466 e. The number of aromatic nitrogens is 2. The summed E-state index contributed by atoms with van der Waals surface area (Å²) in [6.45, 7) is 5.93. The average molecular weight is 291 g/mol. The van der Waals surface area contributed by atoms with E-state index >= 15 is 0 Å². The Morgan fingerprint density at radius 1 is 1.09 bits per heavy atom. The molecule has 0 aliphatic carbocycles. The second-order valence-electron chi connectivity index (χ2n) is 5.70. The maximum absolute atomic E-state index is 6.40. The van der Waals surface area contributed by atoms with Gasteiger partial charge in [0.2, 0.25) is 0 Å². The third-order valence-corrected chi connectivity index (χ3v) is 4.13. The van der Waals surface area contributed by atoms with Crippen LogP contribution in [0.3, 0.4) is 0 Å². The monoisotopic (exact) mass is 291 g/mol. The molecule has 0 aliphatic rings. The zero-order valence-electron chi connectivity index (χ0n) is 12.8. The van der Waals surface area contributed by atoms with Crippen LogP contribution < -0.4 is 5.73 Å². The van der Waals surface area contributed by atoms with Crippen LogP contribution in [0.25, 0.3) is 27.7 Å². The number of furan rings is 1. The first-order valence-electron chi connectivity index (χ1n) is 7.30. The van der Waals surface area contributed by atoms with Gasteiger partial charge in [-0.3, -0.25) is 4.40 Å². The van der Waals surface area contributed by atoms with Gasteiger partial charge in [0, 0.05) is 16.6 Å². The summed E-state index contributed by atoms with van der Waals surface area (Å²) in [5.41, 5.74) is 10.1. The summed E-state index contributed by atoms with van der Waals surface area (Å²) in [6, 6.07) is 12.4. The second-order valence-corrected chi connectivity index (χ2v) is 5.70. The van der Waals surface area contributed by atoms with Crippen LogP contribution in [0.1, 0.15) is 17.2 Å². The lowest BCUT2D eigenvalue weighted by Crippen LogP contribution is -1.98. The normalized spacial score (nSPS) is 11.6. The standard InChI is InChI=1S/C18H17N3O/c1-10-8-13-6-4-5-7-14(13)18-20-16(17(19)21(10)18)15-9-11(2)22-12(15)3/h4-9H,19H2,1-3H3. The van der Waals surface area contributed by atoms with E-state index in [9.17, 15) is 0 Å². The van der Waals surface area contributed by atoms with Crippen LogP contribution >= 0.6 is 0 Å². The van der Waals surface area contributed by atoms with Gasteiger partial charge in [-0.2, -0.15) is 0 Å². The highest BCUT2D eigenvalue weighted by Crippen LogP contribution is 2.34. The molecule has 0 saturated carbocycles. The summed E-state index contributed by atoms with van der Waals surface area (Å²) in [5.74, 6) is 2.36. The van der Waals surface area contributed by atoms with E-state index in [-0.39, 0.29) is 0 Å². The molecule has 0 spiro atoms. The molecular weight excluding hydrogens is 274 g/mol. The predicted molar refractivity (Wildman–Crippen MR) is 89.0 cm³/mol. The van der Waals surface area contributed by atoms with E-state index in [1.54, 1.807) is 0 Å². The van der Waals surface area contributed by atoms with E-state index < -0.39 is 0 Å². The van der Waals surface area contributed by atoms with Crippen molar-refractivity contribution >= 4 is 22.2 Å². The van der Waals surface area contributed by atoms with Gasteiger partial charge in [-0.15, -0.1) is 0 Å². The Labute approximate surface area is 128 Å². The molecule has 0 aliphatic heterocycles. The zero-order chi connectivity index (χ0) is 15.4. The molecule has 4 rings (SSSR count). The van der Waals surface area contributed by atoms with Gasteiger partial charge in [0.05, 0.1) is 0 Å². The van der Waals surface area contributed by atoms with Crippen molar-refractivity contribution in [1.82, 2.24) is 9.38 Å². The van der Waals surface area contributed by atoms with Gasteiger partial charge in [0.15, 0.2) is 0 Å². The maximum atomic E-state index is 6.40. The Morgan fingerprint density at radius 2 is 1.86 bits per heavy atom. The number of fused-ring (bicyclic) bond motifs is 3. The fraction of sp³-hybridized carbons (Fsp3) is 0.167. The first-order chi connectivity index (χ1) is 10.6. The van der Waals surface area contributed by atoms with Gasteiger partial charge in [0.25, 0.3) is 0 Å². The van der Waals surface area contributed by atoms with E-state index in [2.05, 4.69) is 25.1 Å². The number of benzene rings is 1. The van der Waals surface area contributed by atoms with Crippen molar-refractivity contribution < 1.29 is 4.42 Å². The molecule has 110 valence electrons. The van der Waals surface area contributed by atoms with Crippen LogP contribution in [-0.2, 0) is 0 Å². The highest BCUT2D eigenvalue weighted by atomic mass is 16.3. The Bertz CT molecular complexity index is 1020. The summed E-state index contributed by atoms with van der Waals surface area (Å²) in [7, 11) is 0. The summed E-state index contributed by atoms with van der Waals surface area (Å²) < 4.78 is 7.65. The summed E-state index contributed by atoms with van der Waals surface area (Å²) in [6.07, 6.45) is 0. The fourth-order valence-electron chi connectivity index (χ4n) is 3.15. The van der Waals surface area contributed by atoms with Crippen molar-refractivity contribution in [3.8, 4) is 11.3 Å². The number of nitrogen functional groups attached to an aromatic ring is 1. The van der Waals surface area contributed by atoms with Gasteiger partial charge in [-0.25, -0.2) is 4.98 Å². The Balaban J connectivity index is 2.14. The SMILES string of the molecule is Cc1cc(-c2nc3c4ccccc4cc(C)n3c2N)c(C)o1. The highest BCUT2D eigenvalue weighted by Gasteiger charge is 2.18. The number of pyridine rings is 1. The van der Waals surface area contributed by atoms with E-state index in [1.807, 2.05) is 36.4 Å². The zero-order valence-corrected chi connectivity index (χ0v) is 12.8. The maximum Gasteiger partial charge on any atom is 0.147 e. The number of hydrogen-bond acceptors (Lipinski definition) is 3.